The fourth-order valence-electron chi connectivity index (χ4n) is 2.98. The molecule has 3 N–H and O–H groups in total. The molecule has 1 aromatic rings. The van der Waals surface area contributed by atoms with Crippen molar-refractivity contribution in [1.29, 1.82) is 0 Å². The summed E-state index contributed by atoms with van der Waals surface area (Å²) in [5, 5.41) is 15.1. The molecule has 0 aliphatic carbocycles. The Kier molecular flexibility index (Phi) is 5.34. The molecule has 2 fully saturated rings. The maximum Gasteiger partial charge on any atom is 0.237 e. The maximum atomic E-state index is 14.0. The van der Waals surface area contributed by atoms with Crippen molar-refractivity contribution in [3.05, 3.63) is 34.4 Å². The molecule has 3 atom stereocenters. The van der Waals surface area contributed by atoms with E-state index in [2.05, 4.69) is 10.6 Å². The summed E-state index contributed by atoms with van der Waals surface area (Å²) in [4.78, 5) is 12.3. The van der Waals surface area contributed by atoms with E-state index in [1.165, 1.54) is 0 Å². The van der Waals surface area contributed by atoms with Gasteiger partial charge in [-0.2, -0.15) is 0 Å². The van der Waals surface area contributed by atoms with E-state index in [-0.39, 0.29) is 34.9 Å². The van der Waals surface area contributed by atoms with Gasteiger partial charge >= 0.3 is 0 Å². The lowest BCUT2D eigenvalue weighted by molar-refractivity contribution is -0.126. The van der Waals surface area contributed by atoms with Crippen molar-refractivity contribution in [2.45, 2.75) is 31.0 Å². The standard InChI is InChI=1S/C16H19ClF2N2O3/c17-11-4-12(18)8(1-13(11)19)2-14(9-6-24-7-9)21-16(23)15-3-10(22)5-20-15/h1,4,9-10,14-15,20,22H,2-3,5-7H2,(H,21,23)/t10-,14?,15+/m0/s1. The fraction of sp³-hybridized carbons (Fsp3) is 0.562. The molecular formula is C16H19ClF2N2O3. The number of carbonyl (C=O) groups is 1. The first kappa shape index (κ1) is 17.5. The molecule has 2 heterocycles. The molecule has 132 valence electrons. The van der Waals surface area contributed by atoms with Crippen molar-refractivity contribution in [1.82, 2.24) is 10.6 Å². The third kappa shape index (κ3) is 3.85. The number of amides is 1. The minimum absolute atomic E-state index is 0.0402. The van der Waals surface area contributed by atoms with Gasteiger partial charge in [0.2, 0.25) is 5.91 Å². The van der Waals surface area contributed by atoms with E-state index in [1.54, 1.807) is 0 Å². The Morgan fingerprint density at radius 1 is 1.42 bits per heavy atom. The van der Waals surface area contributed by atoms with Crippen molar-refractivity contribution in [3.63, 3.8) is 0 Å². The van der Waals surface area contributed by atoms with Crippen LogP contribution in [0.15, 0.2) is 12.1 Å². The molecule has 2 saturated heterocycles. The zero-order chi connectivity index (χ0) is 17.3. The number of β-amino-alcohol motifs (C(OH)–C–C–N with tert-alkyl or cyclic N) is 1. The molecule has 0 spiro atoms. The second-order valence-electron chi connectivity index (χ2n) is 6.32. The lowest BCUT2D eigenvalue weighted by Gasteiger charge is -2.35. The van der Waals surface area contributed by atoms with Crippen LogP contribution in [-0.2, 0) is 16.0 Å². The SMILES string of the molecule is O=C(NC(Cc1cc(F)c(Cl)cc1F)C1COC1)[C@H]1C[C@H](O)CN1. The van der Waals surface area contributed by atoms with Crippen molar-refractivity contribution >= 4 is 17.5 Å². The first-order chi connectivity index (χ1) is 11.4. The molecule has 8 heteroatoms. The highest BCUT2D eigenvalue weighted by Crippen LogP contribution is 2.24. The number of nitrogens with one attached hydrogen (secondary N) is 2. The molecule has 0 saturated carbocycles. The zero-order valence-corrected chi connectivity index (χ0v) is 13.7. The van der Waals surface area contributed by atoms with Crippen LogP contribution >= 0.6 is 11.6 Å². The molecule has 1 aromatic carbocycles. The summed E-state index contributed by atoms with van der Waals surface area (Å²) < 4.78 is 32.8. The van der Waals surface area contributed by atoms with Gasteiger partial charge in [-0.25, -0.2) is 8.78 Å². The number of hydrogen-bond donors (Lipinski definition) is 3. The van der Waals surface area contributed by atoms with Crippen LogP contribution in [0.25, 0.3) is 0 Å². The Morgan fingerprint density at radius 3 is 2.75 bits per heavy atom. The topological polar surface area (TPSA) is 70.6 Å². The Labute approximate surface area is 143 Å². The average molecular weight is 361 g/mol. The molecular weight excluding hydrogens is 342 g/mol. The van der Waals surface area contributed by atoms with Gasteiger partial charge in [0.1, 0.15) is 11.6 Å². The van der Waals surface area contributed by atoms with E-state index in [1.807, 2.05) is 0 Å². The normalized spacial score (nSPS) is 25.3. The van der Waals surface area contributed by atoms with Gasteiger partial charge in [0, 0.05) is 18.5 Å². The van der Waals surface area contributed by atoms with Crippen LogP contribution in [0, 0.1) is 17.6 Å². The Morgan fingerprint density at radius 2 is 2.17 bits per heavy atom. The highest BCUT2D eigenvalue weighted by atomic mass is 35.5. The number of halogens is 3. The summed E-state index contributed by atoms with van der Waals surface area (Å²) in [6.45, 7) is 1.29. The number of benzene rings is 1. The minimum Gasteiger partial charge on any atom is -0.392 e. The second kappa shape index (κ2) is 7.31. The molecule has 1 unspecified atom stereocenters. The lowest BCUT2D eigenvalue weighted by atomic mass is 9.91. The third-order valence-corrected chi connectivity index (χ3v) is 4.80. The summed E-state index contributed by atoms with van der Waals surface area (Å²) >= 11 is 5.57. The van der Waals surface area contributed by atoms with Gasteiger partial charge in [0.25, 0.3) is 0 Å². The molecule has 24 heavy (non-hydrogen) atoms. The highest BCUT2D eigenvalue weighted by molar-refractivity contribution is 6.30. The van der Waals surface area contributed by atoms with Crippen molar-refractivity contribution < 1.29 is 23.4 Å². The number of aliphatic hydroxyl groups is 1. The van der Waals surface area contributed by atoms with E-state index in [9.17, 15) is 18.7 Å². The molecule has 2 aliphatic rings. The quantitative estimate of drug-likeness (QED) is 0.686. The Hall–Kier alpha value is -1.28. The highest BCUT2D eigenvalue weighted by Gasteiger charge is 2.34. The summed E-state index contributed by atoms with van der Waals surface area (Å²) in [7, 11) is 0. The first-order valence-corrected chi connectivity index (χ1v) is 8.25. The second-order valence-corrected chi connectivity index (χ2v) is 6.73. The van der Waals surface area contributed by atoms with Gasteiger partial charge in [-0.1, -0.05) is 11.6 Å². The largest absolute Gasteiger partial charge is 0.392 e. The molecule has 0 aromatic heterocycles. The predicted molar refractivity (Wildman–Crippen MR) is 83.7 cm³/mol. The molecule has 0 radical (unpaired) electrons. The summed E-state index contributed by atoms with van der Waals surface area (Å²) in [6, 6.07) is 1.15. The maximum absolute atomic E-state index is 14.0. The summed E-state index contributed by atoms with van der Waals surface area (Å²) in [5.74, 6) is -1.50. The molecule has 3 rings (SSSR count). The number of ether oxygens (including phenoxy) is 1. The summed E-state index contributed by atoms with van der Waals surface area (Å²) in [5.41, 5.74) is 0.161. The fourth-order valence-corrected chi connectivity index (χ4v) is 3.13. The van der Waals surface area contributed by atoms with Gasteiger partial charge in [0.15, 0.2) is 0 Å². The number of hydrogen-bond acceptors (Lipinski definition) is 4. The van der Waals surface area contributed by atoms with E-state index in [0.717, 1.165) is 12.1 Å². The Bertz CT molecular complexity index is 628. The van der Waals surface area contributed by atoms with Crippen LogP contribution in [-0.4, -0.2) is 49.0 Å². The van der Waals surface area contributed by atoms with E-state index in [0.29, 0.717) is 26.2 Å². The van der Waals surface area contributed by atoms with Crippen LogP contribution < -0.4 is 10.6 Å². The lowest BCUT2D eigenvalue weighted by Crippen LogP contribution is -2.53. The monoisotopic (exact) mass is 360 g/mol. The van der Waals surface area contributed by atoms with Crippen molar-refractivity contribution in [3.8, 4) is 0 Å². The van der Waals surface area contributed by atoms with Crippen LogP contribution in [0.1, 0.15) is 12.0 Å². The van der Waals surface area contributed by atoms with Crippen LogP contribution in [0.3, 0.4) is 0 Å². The van der Waals surface area contributed by atoms with E-state index < -0.39 is 23.8 Å². The molecule has 5 nitrogen and oxygen atoms in total. The van der Waals surface area contributed by atoms with E-state index >= 15 is 0 Å². The van der Waals surface area contributed by atoms with Crippen molar-refractivity contribution in [2.75, 3.05) is 19.8 Å². The van der Waals surface area contributed by atoms with Gasteiger partial charge in [0.05, 0.1) is 30.4 Å². The third-order valence-electron chi connectivity index (χ3n) is 4.51. The number of rotatable bonds is 5. The zero-order valence-electron chi connectivity index (χ0n) is 12.9. The van der Waals surface area contributed by atoms with Crippen molar-refractivity contribution in [2.24, 2.45) is 5.92 Å². The number of carbonyl (C=O) groups excluding carboxylic acids is 1. The van der Waals surface area contributed by atoms with Gasteiger partial charge in [-0.3, -0.25) is 4.79 Å². The first-order valence-electron chi connectivity index (χ1n) is 7.87. The Balaban J connectivity index is 1.70. The minimum atomic E-state index is -0.691. The van der Waals surface area contributed by atoms with Crippen LogP contribution in [0.4, 0.5) is 8.78 Å². The van der Waals surface area contributed by atoms with E-state index in [4.69, 9.17) is 16.3 Å². The average Bonchev–Trinajstić information content (AvgIpc) is 2.89. The predicted octanol–water partition coefficient (Wildman–Crippen LogP) is 1.01. The van der Waals surface area contributed by atoms with Gasteiger partial charge in [-0.15, -0.1) is 0 Å². The summed E-state index contributed by atoms with van der Waals surface area (Å²) in [6.07, 6.45) is -0.0624. The smallest absolute Gasteiger partial charge is 0.237 e. The molecule has 0 bridgehead atoms. The van der Waals surface area contributed by atoms with Gasteiger partial charge in [-0.05, 0) is 30.5 Å². The van der Waals surface area contributed by atoms with Crippen LogP contribution in [0.2, 0.25) is 5.02 Å². The van der Waals surface area contributed by atoms with Crippen LogP contribution in [0.5, 0.6) is 0 Å². The van der Waals surface area contributed by atoms with Gasteiger partial charge < -0.3 is 20.5 Å². The molecule has 2 aliphatic heterocycles. The number of aliphatic hydroxyl groups excluding tert-OH is 1. The molecule has 1 amide bonds.